The van der Waals surface area contributed by atoms with Crippen molar-refractivity contribution in [1.82, 2.24) is 10.3 Å². The van der Waals surface area contributed by atoms with Crippen LogP contribution in [0.3, 0.4) is 0 Å². The molecule has 29 heavy (non-hydrogen) atoms. The van der Waals surface area contributed by atoms with Crippen LogP contribution < -0.4 is 5.32 Å². The van der Waals surface area contributed by atoms with E-state index < -0.39 is 16.1 Å². The van der Waals surface area contributed by atoms with Crippen LogP contribution in [0.5, 0.6) is 0 Å². The normalized spacial score (nSPS) is 19.5. The molecule has 9 heteroatoms. The Bertz CT molecular complexity index is 939. The minimum absolute atomic E-state index is 0.0247. The third-order valence-electron chi connectivity index (χ3n) is 5.01. The number of rotatable bonds is 5. The first-order valence-corrected chi connectivity index (χ1v) is 9.69. The van der Waals surface area contributed by atoms with Gasteiger partial charge in [-0.25, -0.2) is 5.21 Å². The van der Waals surface area contributed by atoms with E-state index in [0.717, 1.165) is 16.5 Å². The monoisotopic (exact) mass is 426 g/mol. The van der Waals surface area contributed by atoms with Crippen LogP contribution in [-0.2, 0) is 0 Å². The lowest BCUT2D eigenvalue weighted by Gasteiger charge is -2.24. The van der Waals surface area contributed by atoms with E-state index in [1.807, 2.05) is 18.2 Å². The Hall–Kier alpha value is -2.10. The van der Waals surface area contributed by atoms with E-state index in [9.17, 15) is 23.2 Å². The summed E-state index contributed by atoms with van der Waals surface area (Å²) in [4.78, 5) is 16.7. The number of nitrogens with one attached hydrogen (secondary N) is 1. The second-order valence-electron chi connectivity index (χ2n) is 7.41. The fourth-order valence-electron chi connectivity index (χ4n) is 3.40. The fraction of sp³-hybridized carbons (Fsp3) is 0.400. The first-order chi connectivity index (χ1) is 13.5. The van der Waals surface area contributed by atoms with Crippen molar-refractivity contribution in [1.29, 1.82) is 0 Å². The number of halogens is 3. The molecule has 2 N–H and O–H groups in total. The van der Waals surface area contributed by atoms with E-state index >= 15 is 0 Å². The quantitative estimate of drug-likeness (QED) is 0.378. The highest BCUT2D eigenvalue weighted by molar-refractivity contribution is 7.74. The lowest BCUT2D eigenvalue weighted by molar-refractivity contribution is -0.972. The zero-order valence-corrected chi connectivity index (χ0v) is 16.8. The number of carbonyl (C=O) groups is 1. The SMILES string of the molecule is C[N+](O)(S)CCNC(=O)c1cnc2c(C3=CCC(C(F)(F)F)CC3)cccc2c1. The topological polar surface area (TPSA) is 62.2 Å². The molecule has 1 aromatic carbocycles. The molecule has 156 valence electrons. The summed E-state index contributed by atoms with van der Waals surface area (Å²) in [6.45, 7) is 0.466. The van der Waals surface area contributed by atoms with Crippen LogP contribution in [0.15, 0.2) is 36.5 Å². The summed E-state index contributed by atoms with van der Waals surface area (Å²) in [5.74, 6) is -1.61. The van der Waals surface area contributed by atoms with E-state index in [1.165, 1.54) is 13.2 Å². The summed E-state index contributed by atoms with van der Waals surface area (Å²) < 4.78 is 38.1. The van der Waals surface area contributed by atoms with E-state index in [-0.39, 0.29) is 31.8 Å². The Morgan fingerprint density at radius 3 is 2.79 bits per heavy atom. The number of fused-ring (bicyclic) bond motifs is 1. The molecule has 3 rings (SSSR count). The van der Waals surface area contributed by atoms with Gasteiger partial charge in [-0.15, -0.1) is 4.05 Å². The number of likely N-dealkylation sites (N-methyl/N-ethyl adjacent to an activating group) is 1. The molecule has 2 unspecified atom stereocenters. The average molecular weight is 426 g/mol. The maximum Gasteiger partial charge on any atom is 0.392 e. The molecule has 1 aromatic heterocycles. The second-order valence-corrected chi connectivity index (χ2v) is 8.27. The Kier molecular flexibility index (Phi) is 6.21. The molecule has 2 aromatic rings. The minimum atomic E-state index is -4.17. The number of alkyl halides is 3. The molecule has 1 aliphatic rings. The molecule has 0 radical (unpaired) electrons. The molecule has 1 aliphatic carbocycles. The lowest BCUT2D eigenvalue weighted by atomic mass is 9.85. The van der Waals surface area contributed by atoms with Crippen molar-refractivity contribution in [3.63, 3.8) is 0 Å². The van der Waals surface area contributed by atoms with Crippen LogP contribution in [0.4, 0.5) is 13.2 Å². The van der Waals surface area contributed by atoms with Crippen molar-refractivity contribution >= 4 is 35.2 Å². The molecule has 0 bridgehead atoms. The molecule has 1 heterocycles. The number of amides is 1. The number of hydroxylamine groups is 2. The Morgan fingerprint density at radius 1 is 1.41 bits per heavy atom. The molecule has 0 spiro atoms. The van der Waals surface area contributed by atoms with Gasteiger partial charge < -0.3 is 5.32 Å². The van der Waals surface area contributed by atoms with Gasteiger partial charge in [-0.05, 0) is 30.9 Å². The highest BCUT2D eigenvalue weighted by Gasteiger charge is 2.39. The molecule has 2 atom stereocenters. The van der Waals surface area contributed by atoms with Gasteiger partial charge in [0.1, 0.15) is 13.6 Å². The van der Waals surface area contributed by atoms with Crippen LogP contribution in [0, 0.1) is 5.92 Å². The fourth-order valence-corrected chi connectivity index (χ4v) is 3.50. The first-order valence-electron chi connectivity index (χ1n) is 9.29. The molecule has 0 saturated carbocycles. The van der Waals surface area contributed by atoms with Gasteiger partial charge in [0, 0.05) is 17.1 Å². The zero-order valence-electron chi connectivity index (χ0n) is 15.9. The largest absolute Gasteiger partial charge is 0.392 e. The number of carbonyl (C=O) groups excluding carboxylic acids is 1. The third kappa shape index (κ3) is 5.49. The molecule has 0 aliphatic heterocycles. The van der Waals surface area contributed by atoms with Crippen molar-refractivity contribution in [3.8, 4) is 0 Å². The maximum absolute atomic E-state index is 12.9. The number of para-hydroxylation sites is 1. The predicted octanol–water partition coefficient (Wildman–Crippen LogP) is 4.39. The minimum Gasteiger partial charge on any atom is -0.346 e. The van der Waals surface area contributed by atoms with Crippen molar-refractivity contribution in [3.05, 3.63) is 47.7 Å². The number of nitrogens with zero attached hydrogens (tertiary/aromatic N) is 2. The summed E-state index contributed by atoms with van der Waals surface area (Å²) in [6.07, 6.45) is -0.671. The highest BCUT2D eigenvalue weighted by Crippen LogP contribution is 2.40. The number of benzene rings is 1. The van der Waals surface area contributed by atoms with Gasteiger partial charge in [-0.1, -0.05) is 24.3 Å². The zero-order chi connectivity index (χ0) is 21.2. The van der Waals surface area contributed by atoms with Crippen LogP contribution >= 0.6 is 12.8 Å². The van der Waals surface area contributed by atoms with E-state index in [1.54, 1.807) is 12.1 Å². The van der Waals surface area contributed by atoms with Crippen LogP contribution in [0.1, 0.15) is 35.2 Å². The van der Waals surface area contributed by atoms with Gasteiger partial charge in [0.25, 0.3) is 5.91 Å². The van der Waals surface area contributed by atoms with Gasteiger partial charge in [-0.2, -0.15) is 13.2 Å². The predicted molar refractivity (Wildman–Crippen MR) is 107 cm³/mol. The Labute approximate surface area is 172 Å². The number of hydrogen-bond acceptors (Lipinski definition) is 4. The number of aromatic nitrogens is 1. The van der Waals surface area contributed by atoms with Gasteiger partial charge in [-0.3, -0.25) is 9.78 Å². The smallest absolute Gasteiger partial charge is 0.346 e. The molecular formula is C20H23F3N3O2S+. The standard InChI is InChI=1S/C20H22F3N3O2S/c1-26(28,29)10-9-24-19(27)15-11-14-3-2-4-17(18(14)25-12-15)13-5-7-16(8-6-13)20(21,22)23/h2-5,11-12,16,28-29H,6-10H2,1H3/p+1. The van der Waals surface area contributed by atoms with E-state index in [0.29, 0.717) is 17.5 Å². The van der Waals surface area contributed by atoms with Crippen LogP contribution in [0.25, 0.3) is 16.5 Å². The molecule has 0 fully saturated rings. The summed E-state index contributed by atoms with van der Waals surface area (Å²) in [7, 11) is 1.48. The summed E-state index contributed by atoms with van der Waals surface area (Å²) in [6, 6.07) is 7.19. The summed E-state index contributed by atoms with van der Waals surface area (Å²) >= 11 is 3.94. The summed E-state index contributed by atoms with van der Waals surface area (Å²) in [5.41, 5.74) is 2.69. The molecule has 0 saturated heterocycles. The van der Waals surface area contributed by atoms with Crippen molar-refractivity contribution in [2.24, 2.45) is 5.92 Å². The number of allylic oxidation sites excluding steroid dienone is 2. The van der Waals surface area contributed by atoms with Crippen LogP contribution in [0.2, 0.25) is 0 Å². The molecule has 1 amide bonds. The maximum atomic E-state index is 12.9. The van der Waals surface area contributed by atoms with Crippen molar-refractivity contribution < 1.29 is 27.2 Å². The van der Waals surface area contributed by atoms with Gasteiger partial charge in [0.05, 0.1) is 36.4 Å². The average Bonchev–Trinajstić information content (AvgIpc) is 2.65. The van der Waals surface area contributed by atoms with E-state index in [4.69, 9.17) is 0 Å². The van der Waals surface area contributed by atoms with E-state index in [2.05, 4.69) is 23.1 Å². The van der Waals surface area contributed by atoms with Crippen molar-refractivity contribution in [2.75, 3.05) is 20.1 Å². The van der Waals surface area contributed by atoms with Crippen LogP contribution in [-0.4, -0.2) is 46.5 Å². The van der Waals surface area contributed by atoms with Gasteiger partial charge in [0.2, 0.25) is 0 Å². The third-order valence-corrected chi connectivity index (χ3v) is 5.21. The number of hydrogen-bond donors (Lipinski definition) is 3. The van der Waals surface area contributed by atoms with Crippen molar-refractivity contribution in [2.45, 2.75) is 25.4 Å². The lowest BCUT2D eigenvalue weighted by Crippen LogP contribution is -2.38. The van der Waals surface area contributed by atoms with Gasteiger partial charge >= 0.3 is 6.18 Å². The van der Waals surface area contributed by atoms with Gasteiger partial charge in [0.15, 0.2) is 0 Å². The first kappa shape index (κ1) is 21.6. The number of thiol groups is 1. The Balaban J connectivity index is 1.79. The number of pyridine rings is 1. The molecular weight excluding hydrogens is 403 g/mol. The highest BCUT2D eigenvalue weighted by atomic mass is 32.1. The summed E-state index contributed by atoms with van der Waals surface area (Å²) in [5, 5.41) is 13.0. The second kappa shape index (κ2) is 8.33. The Morgan fingerprint density at radius 2 is 2.17 bits per heavy atom. The molecule has 5 nitrogen and oxygen atoms in total. The number of quaternary nitrogens is 1.